The minimum absolute atomic E-state index is 0.118. The standard InChI is InChI=1S/C21H26N4O3/c1-11(2)18(21(28)22-12(3)10-26)25-20(27)17-9-15-14-7-5-6-8-16(14)24-19(15)13(4)23-17/h5-9,11-12,18,24,26H,10H2,1-4H3,(H,22,28)(H,25,27). The third kappa shape index (κ3) is 3.84. The van der Waals surface area contributed by atoms with Crippen molar-refractivity contribution in [2.24, 2.45) is 5.92 Å². The van der Waals surface area contributed by atoms with Gasteiger partial charge in [0.2, 0.25) is 5.91 Å². The summed E-state index contributed by atoms with van der Waals surface area (Å²) in [6, 6.07) is 8.53. The molecule has 1 aromatic carbocycles. The highest BCUT2D eigenvalue weighted by Gasteiger charge is 2.26. The number of aliphatic hydroxyl groups is 1. The van der Waals surface area contributed by atoms with Gasteiger partial charge in [-0.25, -0.2) is 4.98 Å². The van der Waals surface area contributed by atoms with Gasteiger partial charge >= 0.3 is 0 Å². The number of amides is 2. The van der Waals surface area contributed by atoms with Crippen molar-refractivity contribution in [2.75, 3.05) is 6.61 Å². The molecule has 0 saturated heterocycles. The van der Waals surface area contributed by atoms with Crippen LogP contribution < -0.4 is 10.6 Å². The van der Waals surface area contributed by atoms with Gasteiger partial charge in [-0.2, -0.15) is 0 Å². The zero-order valence-electron chi connectivity index (χ0n) is 16.5. The Labute approximate surface area is 163 Å². The highest BCUT2D eigenvalue weighted by molar-refractivity contribution is 6.10. The predicted molar refractivity (Wildman–Crippen MR) is 109 cm³/mol. The van der Waals surface area contributed by atoms with Crippen LogP contribution in [-0.2, 0) is 4.79 Å². The molecule has 0 aliphatic rings. The molecule has 2 amide bonds. The molecule has 2 heterocycles. The number of fused-ring (bicyclic) bond motifs is 3. The second-order valence-electron chi connectivity index (χ2n) is 7.47. The molecule has 0 saturated carbocycles. The number of H-pyrrole nitrogens is 1. The summed E-state index contributed by atoms with van der Waals surface area (Å²) in [5, 5.41) is 16.6. The third-order valence-electron chi connectivity index (χ3n) is 4.81. The second-order valence-corrected chi connectivity index (χ2v) is 7.47. The van der Waals surface area contributed by atoms with E-state index in [2.05, 4.69) is 20.6 Å². The lowest BCUT2D eigenvalue weighted by Gasteiger charge is -2.23. The van der Waals surface area contributed by atoms with Crippen LogP contribution in [0, 0.1) is 12.8 Å². The minimum Gasteiger partial charge on any atom is -0.394 e. The van der Waals surface area contributed by atoms with E-state index in [-0.39, 0.29) is 30.2 Å². The number of hydrogen-bond donors (Lipinski definition) is 4. The molecule has 0 fully saturated rings. The average Bonchev–Trinajstić information content (AvgIpc) is 3.04. The maximum atomic E-state index is 12.9. The van der Waals surface area contributed by atoms with Crippen molar-refractivity contribution >= 4 is 33.6 Å². The van der Waals surface area contributed by atoms with Crippen LogP contribution >= 0.6 is 0 Å². The molecule has 7 heteroatoms. The van der Waals surface area contributed by atoms with E-state index in [1.165, 1.54) is 0 Å². The first-order valence-corrected chi connectivity index (χ1v) is 9.42. The van der Waals surface area contributed by atoms with Gasteiger partial charge in [-0.15, -0.1) is 0 Å². The number of carbonyl (C=O) groups is 2. The molecule has 0 spiro atoms. The molecule has 148 valence electrons. The molecule has 2 unspecified atom stereocenters. The minimum atomic E-state index is -0.720. The SMILES string of the molecule is Cc1nc(C(=O)NC(C(=O)NC(C)CO)C(C)C)cc2c1[nH]c1ccccc12. The summed E-state index contributed by atoms with van der Waals surface area (Å²) < 4.78 is 0. The van der Waals surface area contributed by atoms with Gasteiger partial charge in [-0.3, -0.25) is 9.59 Å². The van der Waals surface area contributed by atoms with Crippen molar-refractivity contribution in [3.05, 3.63) is 41.7 Å². The van der Waals surface area contributed by atoms with Crippen LogP contribution in [0.25, 0.3) is 21.8 Å². The number of nitrogens with zero attached hydrogens (tertiary/aromatic N) is 1. The maximum Gasteiger partial charge on any atom is 0.270 e. The lowest BCUT2D eigenvalue weighted by molar-refractivity contribution is -0.124. The van der Waals surface area contributed by atoms with Gasteiger partial charge in [0.15, 0.2) is 0 Å². The first kappa shape index (κ1) is 19.8. The first-order chi connectivity index (χ1) is 13.3. The van der Waals surface area contributed by atoms with E-state index in [1.54, 1.807) is 13.0 Å². The number of aromatic amines is 1. The first-order valence-electron chi connectivity index (χ1n) is 9.42. The number of aromatic nitrogens is 2. The van der Waals surface area contributed by atoms with Gasteiger partial charge < -0.3 is 20.7 Å². The fourth-order valence-corrected chi connectivity index (χ4v) is 3.25. The fourth-order valence-electron chi connectivity index (χ4n) is 3.25. The zero-order chi connectivity index (χ0) is 20.4. The monoisotopic (exact) mass is 382 g/mol. The Hall–Kier alpha value is -2.93. The molecular formula is C21H26N4O3. The van der Waals surface area contributed by atoms with E-state index in [1.807, 2.05) is 45.0 Å². The van der Waals surface area contributed by atoms with Crippen molar-refractivity contribution < 1.29 is 14.7 Å². The Morgan fingerprint density at radius 1 is 1.14 bits per heavy atom. The largest absolute Gasteiger partial charge is 0.394 e. The number of pyridine rings is 1. The Balaban J connectivity index is 1.91. The van der Waals surface area contributed by atoms with E-state index in [4.69, 9.17) is 5.11 Å². The van der Waals surface area contributed by atoms with E-state index in [9.17, 15) is 9.59 Å². The van der Waals surface area contributed by atoms with Crippen molar-refractivity contribution in [3.63, 3.8) is 0 Å². The van der Waals surface area contributed by atoms with Gasteiger partial charge in [0.05, 0.1) is 17.8 Å². The van der Waals surface area contributed by atoms with Crippen LogP contribution in [-0.4, -0.2) is 45.6 Å². The van der Waals surface area contributed by atoms with Gasteiger partial charge in [0.25, 0.3) is 5.91 Å². The van der Waals surface area contributed by atoms with Crippen molar-refractivity contribution in [1.29, 1.82) is 0 Å². The topological polar surface area (TPSA) is 107 Å². The Kier molecular flexibility index (Phi) is 5.65. The highest BCUT2D eigenvalue weighted by Crippen LogP contribution is 2.27. The van der Waals surface area contributed by atoms with Gasteiger partial charge in [0.1, 0.15) is 11.7 Å². The summed E-state index contributed by atoms with van der Waals surface area (Å²) in [4.78, 5) is 33.1. The number of para-hydroxylation sites is 1. The number of nitrogens with one attached hydrogen (secondary N) is 3. The van der Waals surface area contributed by atoms with E-state index < -0.39 is 11.9 Å². The Morgan fingerprint density at radius 3 is 2.54 bits per heavy atom. The molecule has 3 rings (SSSR count). The quantitative estimate of drug-likeness (QED) is 0.525. The van der Waals surface area contributed by atoms with Crippen molar-refractivity contribution in [3.8, 4) is 0 Å². The van der Waals surface area contributed by atoms with Gasteiger partial charge in [-0.1, -0.05) is 32.0 Å². The number of benzene rings is 1. The van der Waals surface area contributed by atoms with Crippen molar-refractivity contribution in [2.45, 2.75) is 39.8 Å². The molecule has 0 bridgehead atoms. The average molecular weight is 382 g/mol. The molecule has 0 radical (unpaired) electrons. The van der Waals surface area contributed by atoms with Crippen molar-refractivity contribution in [1.82, 2.24) is 20.6 Å². The molecule has 0 aliphatic carbocycles. The molecule has 28 heavy (non-hydrogen) atoms. The second kappa shape index (κ2) is 7.98. The van der Waals surface area contributed by atoms with E-state index in [0.29, 0.717) is 0 Å². The summed E-state index contributed by atoms with van der Waals surface area (Å²) in [5.41, 5.74) is 2.87. The summed E-state index contributed by atoms with van der Waals surface area (Å²) in [6.07, 6.45) is 0. The summed E-state index contributed by atoms with van der Waals surface area (Å²) >= 11 is 0. The molecular weight excluding hydrogens is 356 g/mol. The molecule has 0 aliphatic heterocycles. The number of hydrogen-bond acceptors (Lipinski definition) is 4. The summed E-state index contributed by atoms with van der Waals surface area (Å²) in [6.45, 7) is 7.10. The Bertz CT molecular complexity index is 1030. The van der Waals surface area contributed by atoms with Crippen LogP contribution in [0.5, 0.6) is 0 Å². The zero-order valence-corrected chi connectivity index (χ0v) is 16.5. The molecule has 4 N–H and O–H groups in total. The van der Waals surface area contributed by atoms with Gasteiger partial charge in [-0.05, 0) is 31.9 Å². The van der Waals surface area contributed by atoms with E-state index in [0.717, 1.165) is 27.5 Å². The normalized spacial score (nSPS) is 13.6. The van der Waals surface area contributed by atoms with Crippen LogP contribution in [0.3, 0.4) is 0 Å². The smallest absolute Gasteiger partial charge is 0.270 e. The Morgan fingerprint density at radius 2 is 1.86 bits per heavy atom. The molecule has 2 aromatic heterocycles. The molecule has 2 atom stereocenters. The van der Waals surface area contributed by atoms with E-state index >= 15 is 0 Å². The predicted octanol–water partition coefficient (Wildman–Crippen LogP) is 2.28. The number of aryl methyl sites for hydroxylation is 1. The van der Waals surface area contributed by atoms with Crippen LogP contribution in [0.1, 0.15) is 37.0 Å². The number of aliphatic hydroxyl groups excluding tert-OH is 1. The lowest BCUT2D eigenvalue weighted by atomic mass is 10.0. The summed E-state index contributed by atoms with van der Waals surface area (Å²) in [7, 11) is 0. The van der Waals surface area contributed by atoms with Crippen LogP contribution in [0.4, 0.5) is 0 Å². The fraction of sp³-hybridized carbons (Fsp3) is 0.381. The number of rotatable bonds is 6. The highest BCUT2D eigenvalue weighted by atomic mass is 16.3. The third-order valence-corrected chi connectivity index (χ3v) is 4.81. The number of carbonyl (C=O) groups excluding carboxylic acids is 2. The van der Waals surface area contributed by atoms with Crippen LogP contribution in [0.15, 0.2) is 30.3 Å². The maximum absolute atomic E-state index is 12.9. The summed E-state index contributed by atoms with van der Waals surface area (Å²) in [5.74, 6) is -0.844. The molecule has 3 aromatic rings. The molecule has 7 nitrogen and oxygen atoms in total. The van der Waals surface area contributed by atoms with Crippen LogP contribution in [0.2, 0.25) is 0 Å². The lowest BCUT2D eigenvalue weighted by Crippen LogP contribution is -2.52. The van der Waals surface area contributed by atoms with Gasteiger partial charge in [0, 0.05) is 22.3 Å².